The van der Waals surface area contributed by atoms with Crippen molar-refractivity contribution in [3.8, 4) is 0 Å². The maximum atomic E-state index is 11.5. The Morgan fingerprint density at radius 2 is 2.00 bits per heavy atom. The summed E-state index contributed by atoms with van der Waals surface area (Å²) >= 11 is 1.35. The van der Waals surface area contributed by atoms with Crippen molar-refractivity contribution in [2.75, 3.05) is 0 Å². The number of ketones is 1. The largest absolute Gasteiger partial charge is 0.301 e. The lowest BCUT2D eigenvalue weighted by atomic mass is 10.1. The summed E-state index contributed by atoms with van der Waals surface area (Å²) in [6, 6.07) is 8.64. The van der Waals surface area contributed by atoms with Gasteiger partial charge in [0.1, 0.15) is 0 Å². The summed E-state index contributed by atoms with van der Waals surface area (Å²) in [7, 11) is 0. The van der Waals surface area contributed by atoms with E-state index < -0.39 is 0 Å². The number of carbonyl (C=O) groups is 1. The summed E-state index contributed by atoms with van der Waals surface area (Å²) in [5.41, 5.74) is 0.529. The topological polar surface area (TPSA) is 62.8 Å². The van der Waals surface area contributed by atoms with E-state index in [1.54, 1.807) is 12.1 Å². The Balaban J connectivity index is 2.16. The third kappa shape index (κ3) is 3.07. The van der Waals surface area contributed by atoms with Gasteiger partial charge in [0.05, 0.1) is 0 Å². The Hall–Kier alpha value is -1.88. The molecule has 18 heavy (non-hydrogen) atoms. The number of hydrogen-bond acceptors (Lipinski definition) is 4. The zero-order valence-corrected chi connectivity index (χ0v) is 10.7. The molecule has 0 spiro atoms. The molecule has 0 atom stereocenters. The van der Waals surface area contributed by atoms with Crippen LogP contribution in [0.3, 0.4) is 0 Å². The lowest BCUT2D eigenvalue weighted by Crippen LogP contribution is -2.04. The van der Waals surface area contributed by atoms with Crippen LogP contribution in [0.2, 0.25) is 0 Å². The maximum absolute atomic E-state index is 11.5. The van der Waals surface area contributed by atoms with Gasteiger partial charge in [0.15, 0.2) is 10.9 Å². The van der Waals surface area contributed by atoms with Gasteiger partial charge >= 0.3 is 0 Å². The number of H-pyrrole nitrogens is 1. The first-order valence-corrected chi connectivity index (χ1v) is 6.37. The van der Waals surface area contributed by atoms with Crippen LogP contribution < -0.4 is 5.56 Å². The molecule has 2 rings (SSSR count). The van der Waals surface area contributed by atoms with Crippen molar-refractivity contribution >= 4 is 17.5 Å². The first-order valence-electron chi connectivity index (χ1n) is 5.55. The van der Waals surface area contributed by atoms with Gasteiger partial charge in [-0.2, -0.15) is 0 Å². The summed E-state index contributed by atoms with van der Waals surface area (Å²) in [6.45, 7) is 1.84. The van der Waals surface area contributed by atoms with Crippen molar-refractivity contribution in [2.45, 2.75) is 23.4 Å². The molecule has 4 nitrogen and oxygen atoms in total. The first-order chi connectivity index (χ1) is 8.69. The third-order valence-corrected chi connectivity index (χ3v) is 3.27. The molecule has 0 saturated heterocycles. The minimum Gasteiger partial charge on any atom is -0.301 e. The number of aromatic amines is 1. The second kappa shape index (κ2) is 5.64. The highest BCUT2D eigenvalue weighted by Crippen LogP contribution is 2.23. The molecule has 1 heterocycles. The highest BCUT2D eigenvalue weighted by molar-refractivity contribution is 7.99. The van der Waals surface area contributed by atoms with E-state index in [0.717, 1.165) is 4.90 Å². The zero-order chi connectivity index (χ0) is 13.0. The highest BCUT2D eigenvalue weighted by Gasteiger charge is 2.04. The van der Waals surface area contributed by atoms with E-state index in [-0.39, 0.29) is 11.3 Å². The van der Waals surface area contributed by atoms with E-state index in [9.17, 15) is 9.59 Å². The van der Waals surface area contributed by atoms with E-state index in [1.165, 1.54) is 24.0 Å². The number of benzene rings is 1. The lowest BCUT2D eigenvalue weighted by molar-refractivity contribution is 0.0988. The van der Waals surface area contributed by atoms with Crippen LogP contribution in [-0.2, 0) is 0 Å². The van der Waals surface area contributed by atoms with Gasteiger partial charge in [-0.25, -0.2) is 4.98 Å². The minimum atomic E-state index is -0.176. The van der Waals surface area contributed by atoms with Crippen LogP contribution in [0.25, 0.3) is 0 Å². The first kappa shape index (κ1) is 12.6. The molecule has 0 aliphatic heterocycles. The summed E-state index contributed by atoms with van der Waals surface area (Å²) in [5, 5.41) is 0.539. The van der Waals surface area contributed by atoms with Crippen LogP contribution in [0.1, 0.15) is 23.7 Å². The van der Waals surface area contributed by atoms with Crippen molar-refractivity contribution in [1.82, 2.24) is 9.97 Å². The normalized spacial score (nSPS) is 10.3. The van der Waals surface area contributed by atoms with Gasteiger partial charge < -0.3 is 4.98 Å². The van der Waals surface area contributed by atoms with Crippen molar-refractivity contribution in [3.05, 3.63) is 52.4 Å². The fourth-order valence-electron chi connectivity index (χ4n) is 1.43. The van der Waals surface area contributed by atoms with E-state index in [1.807, 2.05) is 19.1 Å². The van der Waals surface area contributed by atoms with E-state index in [4.69, 9.17) is 0 Å². The Morgan fingerprint density at radius 1 is 1.28 bits per heavy atom. The molecule has 5 heteroatoms. The molecule has 2 aromatic rings. The molecule has 1 N–H and O–H groups in total. The molecule has 0 fully saturated rings. The van der Waals surface area contributed by atoms with Crippen LogP contribution in [-0.4, -0.2) is 15.8 Å². The predicted octanol–water partition coefficient (Wildman–Crippen LogP) is 2.51. The SMILES string of the molecule is CCC(=O)c1ccc(Sc2nccc(=O)[nH]2)cc1. The monoisotopic (exact) mass is 260 g/mol. The molecule has 1 aromatic heterocycles. The summed E-state index contributed by atoms with van der Waals surface area (Å²) in [6.07, 6.45) is 1.97. The molecule has 0 saturated carbocycles. The molecule has 1 aromatic carbocycles. The molecule has 92 valence electrons. The average Bonchev–Trinajstić information content (AvgIpc) is 2.39. The number of nitrogens with one attached hydrogen (secondary N) is 1. The van der Waals surface area contributed by atoms with Crippen LogP contribution in [0, 0.1) is 0 Å². The zero-order valence-electron chi connectivity index (χ0n) is 9.84. The summed E-state index contributed by atoms with van der Waals surface area (Å²) in [5.74, 6) is 0.123. The van der Waals surface area contributed by atoms with Crippen LogP contribution in [0.5, 0.6) is 0 Å². The maximum Gasteiger partial charge on any atom is 0.251 e. The highest BCUT2D eigenvalue weighted by atomic mass is 32.2. The second-order valence-corrected chi connectivity index (χ2v) is 4.70. The van der Waals surface area contributed by atoms with Gasteiger partial charge in [-0.05, 0) is 12.1 Å². The quantitative estimate of drug-likeness (QED) is 0.677. The number of Topliss-reactive ketones (excluding diaryl/α,β-unsaturated/α-hetero) is 1. The van der Waals surface area contributed by atoms with Crippen molar-refractivity contribution in [2.24, 2.45) is 0 Å². The predicted molar refractivity (Wildman–Crippen MR) is 70.0 cm³/mol. The Bertz CT molecular complexity index is 605. The average molecular weight is 260 g/mol. The van der Waals surface area contributed by atoms with Crippen LogP contribution in [0.4, 0.5) is 0 Å². The fraction of sp³-hybridized carbons (Fsp3) is 0.154. The third-order valence-electron chi connectivity index (χ3n) is 2.36. The molecule has 0 unspecified atom stereocenters. The molecule has 0 aliphatic rings. The molecule has 0 aliphatic carbocycles. The van der Waals surface area contributed by atoms with Gasteiger partial charge in [-0.1, -0.05) is 30.8 Å². The summed E-state index contributed by atoms with van der Waals surface area (Å²) in [4.78, 5) is 30.2. The second-order valence-electron chi connectivity index (χ2n) is 3.64. The van der Waals surface area contributed by atoms with E-state index >= 15 is 0 Å². The Kier molecular flexibility index (Phi) is 3.94. The van der Waals surface area contributed by atoms with E-state index in [0.29, 0.717) is 17.1 Å². The van der Waals surface area contributed by atoms with Crippen LogP contribution in [0.15, 0.2) is 51.4 Å². The van der Waals surface area contributed by atoms with Gasteiger partial charge in [0.2, 0.25) is 0 Å². The molecule has 0 radical (unpaired) electrons. The van der Waals surface area contributed by atoms with Gasteiger partial charge in [0, 0.05) is 29.1 Å². The lowest BCUT2D eigenvalue weighted by Gasteiger charge is -2.02. The van der Waals surface area contributed by atoms with Crippen molar-refractivity contribution < 1.29 is 4.79 Å². The molecular weight excluding hydrogens is 248 g/mol. The van der Waals surface area contributed by atoms with Gasteiger partial charge in [0.25, 0.3) is 5.56 Å². The van der Waals surface area contributed by atoms with E-state index in [2.05, 4.69) is 9.97 Å². The fourth-order valence-corrected chi connectivity index (χ4v) is 2.19. The number of aromatic nitrogens is 2. The van der Waals surface area contributed by atoms with Gasteiger partial charge in [-0.15, -0.1) is 0 Å². The van der Waals surface area contributed by atoms with Crippen LogP contribution >= 0.6 is 11.8 Å². The smallest absolute Gasteiger partial charge is 0.251 e. The summed E-state index contributed by atoms with van der Waals surface area (Å²) < 4.78 is 0. The molecule has 0 amide bonds. The van der Waals surface area contributed by atoms with Gasteiger partial charge in [-0.3, -0.25) is 9.59 Å². The Morgan fingerprint density at radius 3 is 2.61 bits per heavy atom. The molecular formula is C13H12N2O2S. The number of hydrogen-bond donors (Lipinski definition) is 1. The number of rotatable bonds is 4. The Labute approximate surface area is 108 Å². The number of carbonyl (C=O) groups excluding carboxylic acids is 1. The number of nitrogens with zero attached hydrogens (tertiary/aromatic N) is 1. The van der Waals surface area contributed by atoms with Crippen molar-refractivity contribution in [1.29, 1.82) is 0 Å². The molecule has 0 bridgehead atoms. The minimum absolute atomic E-state index is 0.123. The standard InChI is InChI=1S/C13H12N2O2S/c1-2-11(16)9-3-5-10(6-4-9)18-13-14-8-7-12(17)15-13/h3-8H,2H2,1H3,(H,14,15,17). The van der Waals surface area contributed by atoms with Crippen molar-refractivity contribution in [3.63, 3.8) is 0 Å².